The van der Waals surface area contributed by atoms with Crippen molar-refractivity contribution in [2.24, 2.45) is 0 Å². The van der Waals surface area contributed by atoms with Crippen LogP contribution in [0, 0.1) is 10.1 Å². The van der Waals surface area contributed by atoms with Crippen molar-refractivity contribution >= 4 is 23.4 Å². The number of hydrogen-bond donors (Lipinski definition) is 4. The Balaban J connectivity index is 2.72. The monoisotopic (exact) mass is 299 g/mol. The number of benzene rings is 1. The molecule has 0 aliphatic rings. The Bertz CT molecular complexity index is 561. The number of non-ortho nitro benzene ring substituents is 1. The van der Waals surface area contributed by atoms with E-state index in [0.717, 1.165) is 6.07 Å². The molecular formula is C11H13N3O7. The van der Waals surface area contributed by atoms with E-state index in [1.165, 1.54) is 19.2 Å². The summed E-state index contributed by atoms with van der Waals surface area (Å²) < 4.78 is 4.91. The van der Waals surface area contributed by atoms with Gasteiger partial charge in [-0.1, -0.05) is 0 Å². The number of carboxylic acids is 1. The van der Waals surface area contributed by atoms with Gasteiger partial charge in [-0.3, -0.25) is 10.1 Å². The third-order valence-corrected chi connectivity index (χ3v) is 2.39. The van der Waals surface area contributed by atoms with Crippen LogP contribution in [0.2, 0.25) is 0 Å². The number of nitrogens with zero attached hydrogens (tertiary/aromatic N) is 1. The molecule has 0 fully saturated rings. The van der Waals surface area contributed by atoms with Crippen molar-refractivity contribution in [1.82, 2.24) is 5.32 Å². The Morgan fingerprint density at radius 1 is 1.48 bits per heavy atom. The molecule has 0 saturated heterocycles. The van der Waals surface area contributed by atoms with Crippen molar-refractivity contribution < 1.29 is 29.5 Å². The van der Waals surface area contributed by atoms with Crippen molar-refractivity contribution in [3.8, 4) is 5.75 Å². The number of aliphatic hydroxyl groups excluding tert-OH is 1. The third kappa shape index (κ3) is 4.62. The molecule has 0 aromatic heterocycles. The molecule has 1 aromatic rings. The lowest BCUT2D eigenvalue weighted by molar-refractivity contribution is -0.384. The number of ether oxygens (including phenoxy) is 1. The topological polar surface area (TPSA) is 151 Å². The summed E-state index contributed by atoms with van der Waals surface area (Å²) in [6, 6.07) is 2.78. The van der Waals surface area contributed by atoms with E-state index in [0.29, 0.717) is 0 Å². The Kier molecular flexibility index (Phi) is 5.43. The quantitative estimate of drug-likeness (QED) is 0.431. The average Bonchev–Trinajstić information content (AvgIpc) is 2.44. The maximum Gasteiger partial charge on any atom is 0.334 e. The Hall–Kier alpha value is -2.88. The second kappa shape index (κ2) is 7.05. The first-order valence-electron chi connectivity index (χ1n) is 5.63. The number of carbonyl (C=O) groups excluding carboxylic acids is 1. The molecule has 2 amide bonds. The SMILES string of the molecule is COc1cc([N+](=O)[O-])ccc1NC(=O)NCC(O)C(=O)O. The van der Waals surface area contributed by atoms with Gasteiger partial charge in [-0.2, -0.15) is 0 Å². The number of methoxy groups -OCH3 is 1. The summed E-state index contributed by atoms with van der Waals surface area (Å²) in [5.41, 5.74) is -0.0514. The van der Waals surface area contributed by atoms with Gasteiger partial charge >= 0.3 is 12.0 Å². The smallest absolute Gasteiger partial charge is 0.334 e. The van der Waals surface area contributed by atoms with E-state index in [9.17, 15) is 19.7 Å². The molecule has 1 aromatic carbocycles. The fourth-order valence-corrected chi connectivity index (χ4v) is 1.34. The Morgan fingerprint density at radius 3 is 2.67 bits per heavy atom. The van der Waals surface area contributed by atoms with Gasteiger partial charge in [0.25, 0.3) is 5.69 Å². The lowest BCUT2D eigenvalue weighted by atomic mass is 10.2. The number of rotatable bonds is 6. The number of anilines is 1. The summed E-state index contributed by atoms with van der Waals surface area (Å²) in [5, 5.41) is 32.5. The van der Waals surface area contributed by atoms with Gasteiger partial charge in [-0.05, 0) is 6.07 Å². The molecule has 1 atom stereocenters. The minimum atomic E-state index is -1.73. The number of hydrogen-bond acceptors (Lipinski definition) is 6. The van der Waals surface area contributed by atoms with Crippen LogP contribution < -0.4 is 15.4 Å². The lowest BCUT2D eigenvalue weighted by Gasteiger charge is -2.12. The van der Waals surface area contributed by atoms with E-state index in [1.807, 2.05) is 0 Å². The van der Waals surface area contributed by atoms with Gasteiger partial charge in [0.05, 0.1) is 30.3 Å². The second-order valence-corrected chi connectivity index (χ2v) is 3.83. The number of carboxylic acid groups (broad SMARTS) is 1. The highest BCUT2D eigenvalue weighted by atomic mass is 16.6. The summed E-state index contributed by atoms with van der Waals surface area (Å²) in [6.07, 6.45) is -1.73. The van der Waals surface area contributed by atoms with Crippen LogP contribution in [-0.2, 0) is 4.79 Å². The first-order valence-corrected chi connectivity index (χ1v) is 5.63. The molecule has 114 valence electrons. The zero-order valence-corrected chi connectivity index (χ0v) is 10.9. The van der Waals surface area contributed by atoms with E-state index in [1.54, 1.807) is 0 Å². The van der Waals surface area contributed by atoms with Crippen molar-refractivity contribution in [3.63, 3.8) is 0 Å². The molecular weight excluding hydrogens is 286 g/mol. The molecule has 0 spiro atoms. The van der Waals surface area contributed by atoms with E-state index < -0.39 is 29.6 Å². The number of nitrogens with one attached hydrogen (secondary N) is 2. The van der Waals surface area contributed by atoms with Gasteiger partial charge in [0, 0.05) is 6.07 Å². The van der Waals surface area contributed by atoms with Crippen molar-refractivity contribution in [3.05, 3.63) is 28.3 Å². The highest BCUT2D eigenvalue weighted by Gasteiger charge is 2.16. The summed E-state index contributed by atoms with van der Waals surface area (Å²) in [7, 11) is 1.27. The summed E-state index contributed by atoms with van der Waals surface area (Å²) >= 11 is 0. The van der Waals surface area contributed by atoms with E-state index in [4.69, 9.17) is 14.9 Å². The highest BCUT2D eigenvalue weighted by Crippen LogP contribution is 2.28. The maximum absolute atomic E-state index is 11.5. The molecule has 4 N–H and O–H groups in total. The summed E-state index contributed by atoms with van der Waals surface area (Å²) in [5.74, 6) is -1.40. The average molecular weight is 299 g/mol. The van der Waals surface area contributed by atoms with E-state index >= 15 is 0 Å². The minimum absolute atomic E-state index is 0.0677. The van der Waals surface area contributed by atoms with Crippen molar-refractivity contribution in [2.75, 3.05) is 19.0 Å². The van der Waals surface area contributed by atoms with Crippen LogP contribution in [0.4, 0.5) is 16.2 Å². The van der Waals surface area contributed by atoms with Crippen LogP contribution in [0.15, 0.2) is 18.2 Å². The van der Waals surface area contributed by atoms with Crippen LogP contribution in [0.25, 0.3) is 0 Å². The third-order valence-electron chi connectivity index (χ3n) is 2.39. The molecule has 0 bridgehead atoms. The summed E-state index contributed by atoms with van der Waals surface area (Å²) in [6.45, 7) is -0.490. The van der Waals surface area contributed by atoms with Crippen LogP contribution in [-0.4, -0.2) is 46.9 Å². The Labute approximate surface area is 118 Å². The van der Waals surface area contributed by atoms with Gasteiger partial charge in [-0.25, -0.2) is 9.59 Å². The first kappa shape index (κ1) is 16.2. The summed E-state index contributed by atoms with van der Waals surface area (Å²) in [4.78, 5) is 31.9. The molecule has 0 heterocycles. The predicted octanol–water partition coefficient (Wildman–Crippen LogP) is 0.170. The number of urea groups is 1. The first-order chi connectivity index (χ1) is 9.85. The molecule has 10 heteroatoms. The predicted molar refractivity (Wildman–Crippen MR) is 70.3 cm³/mol. The zero-order valence-electron chi connectivity index (χ0n) is 10.9. The number of aliphatic carboxylic acids is 1. The lowest BCUT2D eigenvalue weighted by Crippen LogP contribution is -2.38. The van der Waals surface area contributed by atoms with Gasteiger partial charge in [0.15, 0.2) is 6.10 Å². The van der Waals surface area contributed by atoms with Crippen LogP contribution >= 0.6 is 0 Å². The van der Waals surface area contributed by atoms with Crippen molar-refractivity contribution in [1.29, 1.82) is 0 Å². The van der Waals surface area contributed by atoms with E-state index in [-0.39, 0.29) is 17.1 Å². The van der Waals surface area contributed by atoms with Gasteiger partial charge in [-0.15, -0.1) is 0 Å². The number of nitro benzene ring substituents is 1. The van der Waals surface area contributed by atoms with E-state index in [2.05, 4.69) is 10.6 Å². The molecule has 0 aliphatic heterocycles. The van der Waals surface area contributed by atoms with Gasteiger partial charge < -0.3 is 25.6 Å². The molecule has 1 rings (SSSR count). The molecule has 0 saturated carbocycles. The van der Waals surface area contributed by atoms with Crippen LogP contribution in [0.1, 0.15) is 0 Å². The number of amides is 2. The number of aliphatic hydroxyl groups is 1. The maximum atomic E-state index is 11.5. The van der Waals surface area contributed by atoms with Gasteiger partial charge in [0.2, 0.25) is 0 Å². The standard InChI is InChI=1S/C11H13N3O7/c1-21-9-4-6(14(19)20)2-3-7(9)13-11(18)12-5-8(15)10(16)17/h2-4,8,15H,5H2,1H3,(H,16,17)(H2,12,13,18). The molecule has 1 unspecified atom stereocenters. The van der Waals surface area contributed by atoms with Gasteiger partial charge in [0.1, 0.15) is 5.75 Å². The normalized spacial score (nSPS) is 11.3. The van der Waals surface area contributed by atoms with Crippen molar-refractivity contribution in [2.45, 2.75) is 6.10 Å². The number of nitro groups is 1. The largest absolute Gasteiger partial charge is 0.494 e. The second-order valence-electron chi connectivity index (χ2n) is 3.83. The molecule has 0 radical (unpaired) electrons. The fraction of sp³-hybridized carbons (Fsp3) is 0.273. The Morgan fingerprint density at radius 2 is 2.14 bits per heavy atom. The number of carbonyl (C=O) groups is 2. The minimum Gasteiger partial charge on any atom is -0.494 e. The molecule has 21 heavy (non-hydrogen) atoms. The molecule has 10 nitrogen and oxygen atoms in total. The van der Waals surface area contributed by atoms with Crippen LogP contribution in [0.3, 0.4) is 0 Å². The fourth-order valence-electron chi connectivity index (χ4n) is 1.34. The zero-order chi connectivity index (χ0) is 16.0. The highest BCUT2D eigenvalue weighted by molar-refractivity contribution is 5.91. The van der Waals surface area contributed by atoms with Crippen LogP contribution in [0.5, 0.6) is 5.75 Å². The molecule has 0 aliphatic carbocycles.